The monoisotopic (exact) mass is 250 g/mol. The number of hydrogen-bond donors (Lipinski definition) is 1. The van der Waals surface area contributed by atoms with Gasteiger partial charge in [0.2, 0.25) is 0 Å². The third-order valence-electron chi connectivity index (χ3n) is 2.13. The Morgan fingerprint density at radius 1 is 1.33 bits per heavy atom. The van der Waals surface area contributed by atoms with Gasteiger partial charge in [-0.05, 0) is 18.6 Å². The van der Waals surface area contributed by atoms with E-state index in [0.717, 1.165) is 0 Å². The number of aryl methyl sites for hydroxylation is 1. The molecule has 1 rings (SSSR count). The van der Waals surface area contributed by atoms with E-state index in [1.54, 1.807) is 25.1 Å². The molecule has 0 aliphatic rings. The van der Waals surface area contributed by atoms with Crippen molar-refractivity contribution in [3.05, 3.63) is 29.3 Å². The van der Waals surface area contributed by atoms with Crippen LogP contribution in [0.1, 0.15) is 18.1 Å². The van der Waals surface area contributed by atoms with E-state index in [1.165, 1.54) is 14.0 Å². The summed E-state index contributed by atoms with van der Waals surface area (Å²) in [6.07, 6.45) is 0. The predicted molar refractivity (Wildman–Crippen MR) is 65.2 cm³/mol. The van der Waals surface area contributed by atoms with Gasteiger partial charge in [0, 0.05) is 6.92 Å². The summed E-state index contributed by atoms with van der Waals surface area (Å²) in [6.45, 7) is 3.01. The highest BCUT2D eigenvalue weighted by Gasteiger charge is 2.19. The molecule has 0 aromatic heterocycles. The molecule has 6 nitrogen and oxygen atoms in total. The number of ether oxygens (including phenoxy) is 1. The molecule has 0 saturated carbocycles. The minimum atomic E-state index is -0.768. The summed E-state index contributed by atoms with van der Waals surface area (Å²) in [5, 5.41) is 3.55. The van der Waals surface area contributed by atoms with Crippen LogP contribution in [0.2, 0.25) is 0 Å². The lowest BCUT2D eigenvalue weighted by molar-refractivity contribution is -0.132. The maximum absolute atomic E-state index is 11.3. The molecule has 0 aliphatic heterocycles. The van der Waals surface area contributed by atoms with Crippen molar-refractivity contribution in [1.82, 2.24) is 0 Å². The molecule has 18 heavy (non-hydrogen) atoms. The zero-order valence-electron chi connectivity index (χ0n) is 10.4. The van der Waals surface area contributed by atoms with Crippen molar-refractivity contribution in [2.75, 3.05) is 7.11 Å². The topological polar surface area (TPSA) is 91.0 Å². The highest BCUT2D eigenvalue weighted by molar-refractivity contribution is 6.45. The molecule has 0 unspecified atom stereocenters. The van der Waals surface area contributed by atoms with E-state index in [1.807, 2.05) is 0 Å². The lowest BCUT2D eigenvalue weighted by atomic mass is 10.0. The lowest BCUT2D eigenvalue weighted by Crippen LogP contribution is -2.25. The first kappa shape index (κ1) is 13.7. The molecular weight excluding hydrogens is 236 g/mol. The van der Waals surface area contributed by atoms with E-state index in [-0.39, 0.29) is 11.5 Å². The normalized spacial score (nSPS) is 10.9. The van der Waals surface area contributed by atoms with Gasteiger partial charge in [0.1, 0.15) is 12.9 Å². The lowest BCUT2D eigenvalue weighted by Gasteiger charge is -2.11. The van der Waals surface area contributed by atoms with Gasteiger partial charge < -0.3 is 15.3 Å². The van der Waals surface area contributed by atoms with E-state index < -0.39 is 11.9 Å². The van der Waals surface area contributed by atoms with Crippen molar-refractivity contribution >= 4 is 17.6 Å². The Bertz CT molecular complexity index is 509. The average molecular weight is 250 g/mol. The van der Waals surface area contributed by atoms with Crippen LogP contribution in [0.15, 0.2) is 23.4 Å². The van der Waals surface area contributed by atoms with Gasteiger partial charge in [-0.25, -0.2) is 0 Å². The van der Waals surface area contributed by atoms with E-state index >= 15 is 0 Å². The number of oxime groups is 1. The molecule has 0 radical (unpaired) electrons. The molecule has 6 heteroatoms. The van der Waals surface area contributed by atoms with Gasteiger partial charge in [-0.15, -0.1) is 0 Å². The van der Waals surface area contributed by atoms with Crippen molar-refractivity contribution in [1.29, 1.82) is 0 Å². The molecule has 1 aromatic rings. The highest BCUT2D eigenvalue weighted by atomic mass is 16.6. The summed E-state index contributed by atoms with van der Waals surface area (Å²) in [5.41, 5.74) is 6.12. The summed E-state index contributed by atoms with van der Waals surface area (Å²) < 4.78 is 5.07. The minimum Gasteiger partial charge on any atom is -0.426 e. The summed E-state index contributed by atoms with van der Waals surface area (Å²) in [5.74, 6) is -1.01. The second-order valence-corrected chi connectivity index (χ2v) is 3.53. The van der Waals surface area contributed by atoms with E-state index in [2.05, 4.69) is 9.99 Å². The summed E-state index contributed by atoms with van der Waals surface area (Å²) >= 11 is 0. The fourth-order valence-electron chi connectivity index (χ4n) is 1.44. The Kier molecular flexibility index (Phi) is 4.42. The van der Waals surface area contributed by atoms with Crippen molar-refractivity contribution in [2.45, 2.75) is 13.8 Å². The van der Waals surface area contributed by atoms with Crippen molar-refractivity contribution in [3.8, 4) is 5.75 Å². The first-order valence-corrected chi connectivity index (χ1v) is 5.16. The number of benzene rings is 1. The van der Waals surface area contributed by atoms with Gasteiger partial charge in [-0.3, -0.25) is 9.59 Å². The van der Waals surface area contributed by atoms with Gasteiger partial charge in [-0.2, -0.15) is 0 Å². The zero-order chi connectivity index (χ0) is 13.7. The van der Waals surface area contributed by atoms with Crippen molar-refractivity contribution in [3.63, 3.8) is 0 Å². The molecule has 0 saturated heterocycles. The van der Waals surface area contributed by atoms with Gasteiger partial charge in [0.25, 0.3) is 5.91 Å². The Balaban J connectivity index is 3.38. The number of para-hydroxylation sites is 1. The molecule has 2 N–H and O–H groups in total. The summed E-state index contributed by atoms with van der Waals surface area (Å²) in [7, 11) is 1.30. The first-order chi connectivity index (χ1) is 8.47. The number of hydrogen-bond acceptors (Lipinski definition) is 5. The maximum atomic E-state index is 11.3. The average Bonchev–Trinajstić information content (AvgIpc) is 2.28. The van der Waals surface area contributed by atoms with E-state index in [9.17, 15) is 9.59 Å². The van der Waals surface area contributed by atoms with Crippen LogP contribution in [0.25, 0.3) is 0 Å². The Morgan fingerprint density at radius 2 is 2.00 bits per heavy atom. The standard InChI is InChI=1S/C12H14N2O4/c1-7-5-4-6-9(11(7)18-8(2)15)10(12(13)16)14-17-3/h4-6H,1-3H3,(H2,13,16). The van der Waals surface area contributed by atoms with Crippen molar-refractivity contribution < 1.29 is 19.2 Å². The van der Waals surface area contributed by atoms with E-state index in [0.29, 0.717) is 11.1 Å². The Hall–Kier alpha value is -2.37. The number of primary amides is 1. The van der Waals surface area contributed by atoms with Crippen LogP contribution in [0.5, 0.6) is 5.75 Å². The fraction of sp³-hybridized carbons (Fsp3) is 0.250. The molecule has 0 atom stereocenters. The van der Waals surface area contributed by atoms with Crippen LogP contribution in [0.3, 0.4) is 0 Å². The number of nitrogens with zero attached hydrogens (tertiary/aromatic N) is 1. The SMILES string of the molecule is CON=C(C(N)=O)c1cccc(C)c1OC(C)=O. The molecule has 0 heterocycles. The van der Waals surface area contributed by atoms with Gasteiger partial charge in [0.05, 0.1) is 5.56 Å². The van der Waals surface area contributed by atoms with Crippen molar-refractivity contribution in [2.24, 2.45) is 10.9 Å². The Labute approximate surface area is 104 Å². The number of amides is 1. The second-order valence-electron chi connectivity index (χ2n) is 3.53. The minimum absolute atomic E-state index is 0.0996. The second kappa shape index (κ2) is 5.81. The molecule has 0 bridgehead atoms. The molecule has 0 aliphatic carbocycles. The predicted octanol–water partition coefficient (Wildman–Crippen LogP) is 0.756. The third-order valence-corrected chi connectivity index (χ3v) is 2.13. The number of nitrogens with two attached hydrogens (primary N) is 1. The smallest absolute Gasteiger partial charge is 0.308 e. The molecule has 96 valence electrons. The molecule has 0 fully saturated rings. The van der Waals surface area contributed by atoms with Crippen LogP contribution >= 0.6 is 0 Å². The highest BCUT2D eigenvalue weighted by Crippen LogP contribution is 2.24. The quantitative estimate of drug-likeness (QED) is 0.369. The number of carbonyl (C=O) groups is 2. The Morgan fingerprint density at radius 3 is 2.50 bits per heavy atom. The zero-order valence-corrected chi connectivity index (χ0v) is 10.4. The molecular formula is C12H14N2O4. The number of esters is 1. The van der Waals surface area contributed by atoms with E-state index in [4.69, 9.17) is 10.5 Å². The van der Waals surface area contributed by atoms with Crippen LogP contribution in [-0.2, 0) is 14.4 Å². The molecule has 1 amide bonds. The first-order valence-electron chi connectivity index (χ1n) is 5.16. The number of carbonyl (C=O) groups excluding carboxylic acids is 2. The van der Waals surface area contributed by atoms with Crippen LogP contribution in [0.4, 0.5) is 0 Å². The van der Waals surface area contributed by atoms with Crippen LogP contribution in [-0.4, -0.2) is 24.7 Å². The number of rotatable bonds is 4. The maximum Gasteiger partial charge on any atom is 0.308 e. The largest absolute Gasteiger partial charge is 0.426 e. The van der Waals surface area contributed by atoms with Crippen LogP contribution < -0.4 is 10.5 Å². The third kappa shape index (κ3) is 3.07. The molecule has 1 aromatic carbocycles. The fourth-order valence-corrected chi connectivity index (χ4v) is 1.44. The molecule has 0 spiro atoms. The summed E-state index contributed by atoms with van der Waals surface area (Å²) in [4.78, 5) is 26.9. The van der Waals surface area contributed by atoms with Gasteiger partial charge in [0.15, 0.2) is 5.71 Å². The van der Waals surface area contributed by atoms with Crippen LogP contribution in [0, 0.1) is 6.92 Å². The van der Waals surface area contributed by atoms with Gasteiger partial charge >= 0.3 is 5.97 Å². The summed E-state index contributed by atoms with van der Waals surface area (Å²) in [6, 6.07) is 5.02. The van der Waals surface area contributed by atoms with Gasteiger partial charge in [-0.1, -0.05) is 17.3 Å².